The fraction of sp³-hybridized carbons (Fsp3) is 0.421. The molecule has 7 heteroatoms. The van der Waals surface area contributed by atoms with Crippen molar-refractivity contribution in [1.82, 2.24) is 20.6 Å². The van der Waals surface area contributed by atoms with Crippen molar-refractivity contribution in [3.05, 3.63) is 48.3 Å². The van der Waals surface area contributed by atoms with Gasteiger partial charge in [-0.25, -0.2) is 9.97 Å². The summed E-state index contributed by atoms with van der Waals surface area (Å²) in [5.41, 5.74) is 1.04. The molecule has 3 rings (SSSR count). The van der Waals surface area contributed by atoms with E-state index in [4.69, 9.17) is 0 Å². The van der Waals surface area contributed by atoms with Crippen LogP contribution in [-0.4, -0.2) is 55.1 Å². The number of rotatable bonds is 6. The Hall–Kier alpha value is -2.67. The lowest BCUT2D eigenvalue weighted by Crippen LogP contribution is -2.47. The van der Waals surface area contributed by atoms with E-state index in [2.05, 4.69) is 30.4 Å². The lowest BCUT2D eigenvalue weighted by atomic mass is 10.2. The van der Waals surface area contributed by atoms with Crippen LogP contribution in [0.1, 0.15) is 12.5 Å². The van der Waals surface area contributed by atoms with Crippen LogP contribution in [-0.2, 0) is 11.3 Å². The van der Waals surface area contributed by atoms with Gasteiger partial charge in [0.25, 0.3) is 0 Å². The highest BCUT2D eigenvalue weighted by molar-refractivity contribution is 5.81. The molecular weight excluding hydrogens is 328 g/mol. The Morgan fingerprint density at radius 1 is 1.08 bits per heavy atom. The van der Waals surface area contributed by atoms with Crippen LogP contribution in [0.4, 0.5) is 11.6 Å². The summed E-state index contributed by atoms with van der Waals surface area (Å²) in [4.78, 5) is 25.6. The smallest absolute Gasteiger partial charge is 0.237 e. The predicted octanol–water partition coefficient (Wildman–Crippen LogP) is 1.03. The van der Waals surface area contributed by atoms with Gasteiger partial charge in [-0.15, -0.1) is 0 Å². The highest BCUT2D eigenvalue weighted by atomic mass is 16.2. The zero-order valence-electron chi connectivity index (χ0n) is 15.4. The van der Waals surface area contributed by atoms with Crippen LogP contribution in [0.25, 0.3) is 0 Å². The van der Waals surface area contributed by atoms with E-state index in [1.54, 1.807) is 7.05 Å². The second kappa shape index (κ2) is 8.62. The average Bonchev–Trinajstić information content (AvgIpc) is 2.72. The molecule has 1 atom stereocenters. The van der Waals surface area contributed by atoms with Gasteiger partial charge in [0.1, 0.15) is 11.6 Å². The van der Waals surface area contributed by atoms with Crippen LogP contribution in [0.15, 0.2) is 42.7 Å². The van der Waals surface area contributed by atoms with Gasteiger partial charge in [0, 0.05) is 50.7 Å². The molecule has 2 aromatic heterocycles. The molecule has 1 aliphatic heterocycles. The summed E-state index contributed by atoms with van der Waals surface area (Å²) in [6, 6.07) is 9.72. The topological polar surface area (TPSA) is 73.4 Å². The average molecular weight is 354 g/mol. The summed E-state index contributed by atoms with van der Waals surface area (Å²) in [5.74, 6) is 1.95. The molecule has 1 aliphatic rings. The van der Waals surface area contributed by atoms with Gasteiger partial charge in [0.2, 0.25) is 5.91 Å². The third-order valence-corrected chi connectivity index (χ3v) is 4.70. The molecule has 1 unspecified atom stereocenters. The van der Waals surface area contributed by atoms with E-state index >= 15 is 0 Å². The van der Waals surface area contributed by atoms with Gasteiger partial charge in [-0.1, -0.05) is 12.1 Å². The molecule has 138 valence electrons. The number of nitrogens with one attached hydrogen (secondary N) is 2. The van der Waals surface area contributed by atoms with Gasteiger partial charge >= 0.3 is 0 Å². The van der Waals surface area contributed by atoms with Crippen LogP contribution in [0, 0.1) is 0 Å². The van der Waals surface area contributed by atoms with Crippen molar-refractivity contribution < 1.29 is 4.79 Å². The maximum atomic E-state index is 12.0. The van der Waals surface area contributed by atoms with E-state index in [1.807, 2.05) is 49.6 Å². The number of hydrogen-bond donors (Lipinski definition) is 2. The van der Waals surface area contributed by atoms with Crippen LogP contribution in [0.2, 0.25) is 0 Å². The third-order valence-electron chi connectivity index (χ3n) is 4.70. The van der Waals surface area contributed by atoms with E-state index in [0.29, 0.717) is 6.54 Å². The SMILES string of the molecule is CNC(C)C(=O)NCc1cccnc1N1CCN(c2ccccn2)CC1. The highest BCUT2D eigenvalue weighted by Gasteiger charge is 2.21. The first kappa shape index (κ1) is 18.1. The maximum Gasteiger partial charge on any atom is 0.237 e. The number of hydrogen-bond acceptors (Lipinski definition) is 6. The lowest BCUT2D eigenvalue weighted by molar-refractivity contribution is -0.122. The minimum absolute atomic E-state index is 0.0118. The molecule has 2 N–H and O–H groups in total. The standard InChI is InChI=1S/C19H26N6O/c1-15(20-2)19(26)23-14-16-6-5-9-22-18(16)25-12-10-24(11-13-25)17-7-3-4-8-21-17/h3-9,15,20H,10-14H2,1-2H3,(H,23,26). The molecule has 0 radical (unpaired) electrons. The first-order valence-electron chi connectivity index (χ1n) is 8.99. The second-order valence-electron chi connectivity index (χ2n) is 6.38. The molecule has 0 bridgehead atoms. The number of anilines is 2. The van der Waals surface area contributed by atoms with Gasteiger partial charge in [-0.05, 0) is 32.2 Å². The van der Waals surface area contributed by atoms with Crippen molar-refractivity contribution in [2.75, 3.05) is 43.0 Å². The van der Waals surface area contributed by atoms with E-state index in [-0.39, 0.29) is 11.9 Å². The van der Waals surface area contributed by atoms with Gasteiger partial charge in [-0.3, -0.25) is 4.79 Å². The van der Waals surface area contributed by atoms with Gasteiger partial charge in [0.15, 0.2) is 0 Å². The minimum Gasteiger partial charge on any atom is -0.353 e. The first-order valence-corrected chi connectivity index (χ1v) is 8.99. The Morgan fingerprint density at radius 2 is 1.81 bits per heavy atom. The van der Waals surface area contributed by atoms with Crippen LogP contribution in [0.3, 0.4) is 0 Å². The van der Waals surface area contributed by atoms with Gasteiger partial charge in [-0.2, -0.15) is 0 Å². The molecular formula is C19H26N6O. The maximum absolute atomic E-state index is 12.0. The number of nitrogens with zero attached hydrogens (tertiary/aromatic N) is 4. The van der Waals surface area contributed by atoms with Crippen LogP contribution < -0.4 is 20.4 Å². The second-order valence-corrected chi connectivity index (χ2v) is 6.38. The molecule has 1 saturated heterocycles. The summed E-state index contributed by atoms with van der Waals surface area (Å²) >= 11 is 0. The first-order chi connectivity index (χ1) is 12.7. The summed E-state index contributed by atoms with van der Waals surface area (Å²) in [7, 11) is 1.78. The lowest BCUT2D eigenvalue weighted by Gasteiger charge is -2.36. The van der Waals surface area contributed by atoms with Crippen molar-refractivity contribution in [2.45, 2.75) is 19.5 Å². The number of pyridine rings is 2. The molecule has 0 saturated carbocycles. The van der Waals surface area contributed by atoms with E-state index in [0.717, 1.165) is 43.4 Å². The normalized spacial score (nSPS) is 15.6. The zero-order chi connectivity index (χ0) is 18.4. The molecule has 0 aliphatic carbocycles. The molecule has 7 nitrogen and oxygen atoms in total. The molecule has 26 heavy (non-hydrogen) atoms. The van der Waals surface area contributed by atoms with E-state index < -0.39 is 0 Å². The highest BCUT2D eigenvalue weighted by Crippen LogP contribution is 2.20. The monoisotopic (exact) mass is 354 g/mol. The summed E-state index contributed by atoms with van der Waals surface area (Å²) in [6.45, 7) is 5.88. The molecule has 1 amide bonds. The van der Waals surface area contributed by atoms with Crippen LogP contribution in [0.5, 0.6) is 0 Å². The van der Waals surface area contributed by atoms with Crippen molar-refractivity contribution >= 4 is 17.5 Å². The number of piperazine rings is 1. The van der Waals surface area contributed by atoms with Crippen molar-refractivity contribution in [3.63, 3.8) is 0 Å². The Kier molecular flexibility index (Phi) is 6.01. The van der Waals surface area contributed by atoms with Crippen molar-refractivity contribution in [2.24, 2.45) is 0 Å². The van der Waals surface area contributed by atoms with Gasteiger partial charge < -0.3 is 20.4 Å². The molecule has 3 heterocycles. The molecule has 0 spiro atoms. The summed E-state index contributed by atoms with van der Waals surface area (Å²) in [6.07, 6.45) is 3.63. The molecule has 1 fully saturated rings. The fourth-order valence-corrected chi connectivity index (χ4v) is 3.01. The molecule has 0 aromatic carbocycles. The fourth-order valence-electron chi connectivity index (χ4n) is 3.01. The Balaban J connectivity index is 1.63. The zero-order valence-corrected chi connectivity index (χ0v) is 15.4. The molecule has 2 aromatic rings. The van der Waals surface area contributed by atoms with Crippen LogP contribution >= 0.6 is 0 Å². The number of carbonyl (C=O) groups excluding carboxylic acids is 1. The quantitative estimate of drug-likeness (QED) is 0.807. The van der Waals surface area contributed by atoms with Gasteiger partial charge in [0.05, 0.1) is 6.04 Å². The summed E-state index contributed by atoms with van der Waals surface area (Å²) in [5, 5.41) is 5.93. The number of likely N-dealkylation sites (N-methyl/N-ethyl adjacent to an activating group) is 1. The number of amides is 1. The number of carbonyl (C=O) groups is 1. The Bertz CT molecular complexity index is 715. The minimum atomic E-state index is -0.211. The van der Waals surface area contributed by atoms with E-state index in [9.17, 15) is 4.79 Å². The predicted molar refractivity (Wildman–Crippen MR) is 103 cm³/mol. The number of aromatic nitrogens is 2. The summed E-state index contributed by atoms with van der Waals surface area (Å²) < 4.78 is 0. The largest absolute Gasteiger partial charge is 0.353 e. The van der Waals surface area contributed by atoms with Crippen molar-refractivity contribution in [1.29, 1.82) is 0 Å². The Labute approximate surface area is 154 Å². The van der Waals surface area contributed by atoms with E-state index in [1.165, 1.54) is 0 Å². The third kappa shape index (κ3) is 4.29. The Morgan fingerprint density at radius 3 is 2.50 bits per heavy atom. The van der Waals surface area contributed by atoms with Crippen molar-refractivity contribution in [3.8, 4) is 0 Å².